The molecule has 0 amide bonds. The Morgan fingerprint density at radius 2 is 1.06 bits per heavy atom. The summed E-state index contributed by atoms with van der Waals surface area (Å²) in [5.41, 5.74) is 0.236. The highest BCUT2D eigenvalue weighted by atomic mass is 16.8. The molecular formula is C56H92O26. The number of aliphatic hydroxyl groups is 14. The van der Waals surface area contributed by atoms with Gasteiger partial charge in [0.15, 0.2) is 37.2 Å². The normalized spacial score (nSPS) is 57.9. The van der Waals surface area contributed by atoms with Gasteiger partial charge in [-0.05, 0) is 111 Å². The van der Waals surface area contributed by atoms with Gasteiger partial charge in [-0.25, -0.2) is 0 Å². The summed E-state index contributed by atoms with van der Waals surface area (Å²) in [6, 6.07) is 0. The van der Waals surface area contributed by atoms with Gasteiger partial charge >= 0.3 is 0 Å². The highest BCUT2D eigenvalue weighted by molar-refractivity contribution is 5.16. The van der Waals surface area contributed by atoms with Crippen LogP contribution in [-0.2, 0) is 56.8 Å². The first kappa shape index (κ1) is 62.6. The van der Waals surface area contributed by atoms with Gasteiger partial charge in [-0.2, -0.15) is 0 Å². The summed E-state index contributed by atoms with van der Waals surface area (Å²) in [4.78, 5) is 0. The van der Waals surface area contributed by atoms with Crippen LogP contribution in [0.2, 0.25) is 0 Å². The van der Waals surface area contributed by atoms with Gasteiger partial charge in [0, 0.05) is 12.3 Å². The van der Waals surface area contributed by atoms with Crippen LogP contribution in [-0.4, -0.2) is 270 Å². The predicted molar refractivity (Wildman–Crippen MR) is 273 cm³/mol. The predicted octanol–water partition coefficient (Wildman–Crippen LogP) is -3.42. The van der Waals surface area contributed by atoms with E-state index in [0.717, 1.165) is 58.0 Å². The van der Waals surface area contributed by atoms with E-state index in [1.807, 2.05) is 0 Å². The molecule has 0 aromatic heterocycles. The standard InChI is InChI=1S/C56H92O26/c1-21-8-13-56(72-19-21)22(2)34-30(82-56)15-28-26-7-6-24-14-25(9-11-54(24,4)27(26)10-12-55(28,34)5)74-51-43(69)40(66)45(33(18-59)77-51)78-53-48(47(38(64)32(17-58)76-53)80-49-41(67)36(62)29(60)20-71-49)81-52-44(70)46(37(63)31(16-57)75-52)79-50-42(68)39(65)35(61)23(3)73-50/h21-53,57-70H,6-20H2,1-5H3/t21-,22+,23+,24+,25+,26-,27+,28+,29-,30+,31-,32-,33-,34+,35+,36+,37-,38-,39-,40-,41-,42-,43-,44-,45+,46+,47+,48-,49+,50+,51-,52+,53+,54+,55+,56-/m1/s1. The Bertz CT molecular complexity index is 2130. The number of hydrogen-bond donors (Lipinski definition) is 14. The van der Waals surface area contributed by atoms with E-state index in [1.165, 1.54) is 6.92 Å². The first-order valence-electron chi connectivity index (χ1n) is 30.1. The zero-order chi connectivity index (χ0) is 58.6. The molecule has 26 heteroatoms. The van der Waals surface area contributed by atoms with E-state index >= 15 is 0 Å². The van der Waals surface area contributed by atoms with Crippen LogP contribution < -0.4 is 0 Å². The van der Waals surface area contributed by atoms with Gasteiger partial charge in [-0.3, -0.25) is 0 Å². The minimum absolute atomic E-state index is 0.0587. The minimum Gasteiger partial charge on any atom is -0.394 e. The summed E-state index contributed by atoms with van der Waals surface area (Å²) < 4.78 is 73.7. The Morgan fingerprint density at radius 1 is 0.463 bits per heavy atom. The van der Waals surface area contributed by atoms with E-state index in [9.17, 15) is 71.5 Å². The molecule has 11 rings (SSSR count). The molecule has 7 aliphatic heterocycles. The maximum atomic E-state index is 12.0. The van der Waals surface area contributed by atoms with Crippen LogP contribution in [0, 0.1) is 52.3 Å². The van der Waals surface area contributed by atoms with Gasteiger partial charge in [-0.1, -0.05) is 27.7 Å². The fourth-order valence-electron chi connectivity index (χ4n) is 17.3. The van der Waals surface area contributed by atoms with E-state index in [0.29, 0.717) is 54.3 Å². The average molecular weight is 1180 g/mol. The van der Waals surface area contributed by atoms with Crippen molar-refractivity contribution in [2.75, 3.05) is 33.0 Å². The van der Waals surface area contributed by atoms with Gasteiger partial charge in [0.25, 0.3) is 0 Å². The van der Waals surface area contributed by atoms with Crippen LogP contribution in [0.4, 0.5) is 0 Å². The van der Waals surface area contributed by atoms with Crippen molar-refractivity contribution in [1.29, 1.82) is 0 Å². The lowest BCUT2D eigenvalue weighted by Gasteiger charge is -2.61. The average Bonchev–Trinajstić information content (AvgIpc) is 1.57. The van der Waals surface area contributed by atoms with Crippen LogP contribution >= 0.6 is 0 Å². The van der Waals surface area contributed by atoms with Crippen molar-refractivity contribution in [2.24, 2.45) is 52.3 Å². The molecule has 0 aromatic rings. The molecule has 0 radical (unpaired) electrons. The maximum Gasteiger partial charge on any atom is 0.187 e. The first-order valence-corrected chi connectivity index (χ1v) is 30.1. The van der Waals surface area contributed by atoms with Gasteiger partial charge in [0.05, 0.1) is 51.3 Å². The second-order valence-corrected chi connectivity index (χ2v) is 26.7. The smallest absolute Gasteiger partial charge is 0.187 e. The third-order valence-corrected chi connectivity index (χ3v) is 22.1. The maximum absolute atomic E-state index is 12.0. The number of rotatable bonds is 13. The van der Waals surface area contributed by atoms with Gasteiger partial charge in [0.2, 0.25) is 0 Å². The number of hydrogen-bond acceptors (Lipinski definition) is 26. The molecule has 4 aliphatic carbocycles. The Morgan fingerprint density at radius 3 is 1.76 bits per heavy atom. The molecule has 14 N–H and O–H groups in total. The molecule has 36 atom stereocenters. The van der Waals surface area contributed by atoms with E-state index in [4.69, 9.17) is 56.8 Å². The van der Waals surface area contributed by atoms with Crippen molar-refractivity contribution < 1.29 is 128 Å². The quantitative estimate of drug-likeness (QED) is 0.0799. The number of aliphatic hydroxyl groups excluding tert-OH is 14. The molecule has 11 fully saturated rings. The van der Waals surface area contributed by atoms with Crippen molar-refractivity contribution >= 4 is 0 Å². The fourth-order valence-corrected chi connectivity index (χ4v) is 17.3. The van der Waals surface area contributed by atoms with Crippen molar-refractivity contribution in [1.82, 2.24) is 0 Å². The lowest BCUT2D eigenvalue weighted by Crippen LogP contribution is -2.69. The molecule has 26 nitrogen and oxygen atoms in total. The molecule has 7 heterocycles. The lowest BCUT2D eigenvalue weighted by molar-refractivity contribution is -0.409. The van der Waals surface area contributed by atoms with Crippen molar-refractivity contribution in [3.63, 3.8) is 0 Å². The number of fused-ring (bicyclic) bond motifs is 7. The van der Waals surface area contributed by atoms with E-state index in [-0.39, 0.29) is 23.0 Å². The third-order valence-electron chi connectivity index (χ3n) is 22.1. The summed E-state index contributed by atoms with van der Waals surface area (Å²) in [5, 5.41) is 154. The highest BCUT2D eigenvalue weighted by Gasteiger charge is 2.70. The summed E-state index contributed by atoms with van der Waals surface area (Å²) in [6.45, 7) is 8.48. The molecule has 0 bridgehead atoms. The van der Waals surface area contributed by atoms with E-state index in [2.05, 4.69) is 27.7 Å². The molecule has 82 heavy (non-hydrogen) atoms. The molecule has 7 saturated heterocycles. The van der Waals surface area contributed by atoms with Crippen molar-refractivity contribution in [3.05, 3.63) is 0 Å². The van der Waals surface area contributed by atoms with Crippen LogP contribution in [0.25, 0.3) is 0 Å². The Hall–Kier alpha value is -1.04. The van der Waals surface area contributed by atoms with Gasteiger partial charge in [0.1, 0.15) is 110 Å². The van der Waals surface area contributed by atoms with Gasteiger partial charge < -0.3 is 128 Å². The summed E-state index contributed by atoms with van der Waals surface area (Å²) >= 11 is 0. The molecule has 4 saturated carbocycles. The third kappa shape index (κ3) is 10.9. The zero-order valence-corrected chi connectivity index (χ0v) is 47.3. The number of ether oxygens (including phenoxy) is 12. The Labute approximate surface area is 476 Å². The highest BCUT2D eigenvalue weighted by Crippen LogP contribution is 2.71. The lowest BCUT2D eigenvalue weighted by atomic mass is 9.44. The Balaban J connectivity index is 0.782. The monoisotopic (exact) mass is 1180 g/mol. The first-order chi connectivity index (χ1) is 39.0. The molecule has 0 unspecified atom stereocenters. The fraction of sp³-hybridized carbons (Fsp3) is 1.00. The summed E-state index contributed by atoms with van der Waals surface area (Å²) in [7, 11) is 0. The molecular weight excluding hydrogens is 1090 g/mol. The molecule has 1 spiro atoms. The van der Waals surface area contributed by atoms with Crippen LogP contribution in [0.3, 0.4) is 0 Å². The molecule has 11 aliphatic rings. The van der Waals surface area contributed by atoms with Crippen molar-refractivity contribution in [3.8, 4) is 0 Å². The van der Waals surface area contributed by atoms with Crippen molar-refractivity contribution in [2.45, 2.75) is 264 Å². The van der Waals surface area contributed by atoms with Crippen LogP contribution in [0.15, 0.2) is 0 Å². The largest absolute Gasteiger partial charge is 0.394 e. The van der Waals surface area contributed by atoms with E-state index in [1.54, 1.807) is 0 Å². The van der Waals surface area contributed by atoms with E-state index < -0.39 is 180 Å². The Kier molecular flexibility index (Phi) is 18.6. The summed E-state index contributed by atoms with van der Waals surface area (Å²) in [5.74, 6) is 2.88. The second kappa shape index (κ2) is 24.4. The topological polar surface area (TPSA) is 394 Å². The summed E-state index contributed by atoms with van der Waals surface area (Å²) in [6.07, 6.45) is -32.8. The van der Waals surface area contributed by atoms with Crippen LogP contribution in [0.1, 0.15) is 98.8 Å². The van der Waals surface area contributed by atoms with Crippen LogP contribution in [0.5, 0.6) is 0 Å². The molecule has 0 aromatic carbocycles. The zero-order valence-electron chi connectivity index (χ0n) is 47.3. The minimum atomic E-state index is -2.12. The SMILES string of the molecule is C[C@@H]1CC[C@@]2(OC1)O[C@H]1C[C@H]3[C@@H]4CC[C@H]5C[C@@H](O[C@@H]6O[C@H](CO)[C@H](O[C@@H]7O[C@H](CO)[C@@H](O)[C@H](O[C@@H]8OC[C@@H](O)[C@H](O)[C@H]8O)[C@H]7O[C@@H]7O[C@H](CO)[C@@H](O)[C@H](O[C@@H]8O[C@@H](C)[C@H](O)[C@@H](O)[C@H]8O)[C@H]7O)[C@H](O)[C@H]6O)CC[C@]5(C)[C@H]4CC[C@]3(C)[C@H]1[C@@H]2C. The van der Waals surface area contributed by atoms with Gasteiger partial charge in [-0.15, -0.1) is 0 Å². The molecule has 472 valence electrons. The second-order valence-electron chi connectivity index (χ2n) is 26.7.